The van der Waals surface area contributed by atoms with Crippen LogP contribution in [0.4, 0.5) is 11.6 Å². The van der Waals surface area contributed by atoms with E-state index >= 15 is 0 Å². The van der Waals surface area contributed by atoms with Crippen LogP contribution in [0.15, 0.2) is 16.9 Å². The molecule has 0 amide bonds. The van der Waals surface area contributed by atoms with Gasteiger partial charge in [-0.3, -0.25) is 10.1 Å². The third kappa shape index (κ3) is 2.67. The normalized spacial score (nSPS) is 12.2. The van der Waals surface area contributed by atoms with Gasteiger partial charge in [0, 0.05) is 5.56 Å². The molecular formula is C11H13N5O3. The Kier molecular flexibility index (Phi) is 3.41. The summed E-state index contributed by atoms with van der Waals surface area (Å²) in [7, 11) is 0. The molecule has 2 heterocycles. The number of nitro groups is 1. The zero-order valence-electron chi connectivity index (χ0n) is 10.7. The van der Waals surface area contributed by atoms with Gasteiger partial charge in [0.05, 0.1) is 16.7 Å². The van der Waals surface area contributed by atoms with Crippen LogP contribution >= 0.6 is 0 Å². The number of nitrogens with one attached hydrogen (secondary N) is 1. The van der Waals surface area contributed by atoms with Crippen LogP contribution in [0.25, 0.3) is 0 Å². The second kappa shape index (κ2) is 5.01. The molecule has 1 atom stereocenters. The molecule has 0 saturated carbocycles. The van der Waals surface area contributed by atoms with Crippen molar-refractivity contribution in [2.24, 2.45) is 0 Å². The summed E-state index contributed by atoms with van der Waals surface area (Å²) in [6.45, 7) is 5.59. The molecular weight excluding hydrogens is 250 g/mol. The topological polar surface area (TPSA) is 107 Å². The molecule has 0 fully saturated rings. The SMILES string of the molecule is Cc1noc(C)c1C(C)Nc1ncc([N+](=O)[O-])cn1. The summed E-state index contributed by atoms with van der Waals surface area (Å²) in [6.07, 6.45) is 2.32. The second-order valence-electron chi connectivity index (χ2n) is 4.13. The second-order valence-corrected chi connectivity index (χ2v) is 4.13. The Morgan fingerprint density at radius 1 is 1.37 bits per heavy atom. The van der Waals surface area contributed by atoms with Crippen LogP contribution in [0.5, 0.6) is 0 Å². The molecule has 0 aliphatic carbocycles. The zero-order valence-corrected chi connectivity index (χ0v) is 10.7. The minimum Gasteiger partial charge on any atom is -0.361 e. The molecule has 1 N–H and O–H groups in total. The number of hydrogen-bond donors (Lipinski definition) is 1. The molecule has 1 unspecified atom stereocenters. The van der Waals surface area contributed by atoms with E-state index in [1.807, 2.05) is 20.8 Å². The summed E-state index contributed by atoms with van der Waals surface area (Å²) in [5.74, 6) is 1.04. The first-order valence-electron chi connectivity index (χ1n) is 5.64. The highest BCUT2D eigenvalue weighted by Gasteiger charge is 2.17. The highest BCUT2D eigenvalue weighted by Crippen LogP contribution is 2.23. The molecule has 100 valence electrons. The molecule has 2 aromatic rings. The van der Waals surface area contributed by atoms with Crippen molar-refractivity contribution in [2.45, 2.75) is 26.8 Å². The third-order valence-electron chi connectivity index (χ3n) is 2.72. The molecule has 0 aromatic carbocycles. The molecule has 0 bridgehead atoms. The highest BCUT2D eigenvalue weighted by molar-refractivity contribution is 5.36. The minimum absolute atomic E-state index is 0.104. The van der Waals surface area contributed by atoms with Crippen molar-refractivity contribution < 1.29 is 9.45 Å². The summed E-state index contributed by atoms with van der Waals surface area (Å²) in [4.78, 5) is 17.7. The predicted octanol–water partition coefficient (Wildman–Crippen LogP) is 2.16. The Morgan fingerprint density at radius 3 is 2.47 bits per heavy atom. The fourth-order valence-electron chi connectivity index (χ4n) is 1.86. The molecule has 8 nitrogen and oxygen atoms in total. The van der Waals surface area contributed by atoms with E-state index in [0.717, 1.165) is 29.4 Å². The van der Waals surface area contributed by atoms with E-state index in [1.54, 1.807) is 0 Å². The smallest absolute Gasteiger partial charge is 0.305 e. The van der Waals surface area contributed by atoms with Crippen LogP contribution in [-0.4, -0.2) is 20.0 Å². The first-order valence-corrected chi connectivity index (χ1v) is 5.64. The van der Waals surface area contributed by atoms with Crippen molar-refractivity contribution in [1.82, 2.24) is 15.1 Å². The van der Waals surface area contributed by atoms with Gasteiger partial charge in [-0.2, -0.15) is 0 Å². The summed E-state index contributed by atoms with van der Waals surface area (Å²) >= 11 is 0. The monoisotopic (exact) mass is 263 g/mol. The first-order chi connectivity index (χ1) is 8.99. The van der Waals surface area contributed by atoms with Gasteiger partial charge in [0.2, 0.25) is 5.95 Å². The first kappa shape index (κ1) is 12.9. The van der Waals surface area contributed by atoms with Crippen molar-refractivity contribution in [3.63, 3.8) is 0 Å². The Labute approximate surface area is 109 Å². The predicted molar refractivity (Wildman–Crippen MR) is 66.7 cm³/mol. The molecule has 0 spiro atoms. The van der Waals surface area contributed by atoms with Crippen LogP contribution in [0, 0.1) is 24.0 Å². The molecule has 0 aliphatic rings. The van der Waals surface area contributed by atoms with Gasteiger partial charge >= 0.3 is 5.69 Å². The number of anilines is 1. The summed E-state index contributed by atoms with van der Waals surface area (Å²) in [5, 5.41) is 17.4. The zero-order chi connectivity index (χ0) is 14.0. The number of aromatic nitrogens is 3. The van der Waals surface area contributed by atoms with Gasteiger partial charge < -0.3 is 9.84 Å². The van der Waals surface area contributed by atoms with Crippen LogP contribution in [0.1, 0.15) is 30.0 Å². The lowest BCUT2D eigenvalue weighted by molar-refractivity contribution is -0.385. The van der Waals surface area contributed by atoms with Gasteiger partial charge in [-0.15, -0.1) is 0 Å². The van der Waals surface area contributed by atoms with E-state index in [-0.39, 0.29) is 11.7 Å². The number of rotatable bonds is 4. The molecule has 2 rings (SSSR count). The largest absolute Gasteiger partial charge is 0.361 e. The standard InChI is InChI=1S/C11H13N5O3/c1-6(10-7(2)15-19-8(10)3)14-11-12-4-9(5-13-11)16(17)18/h4-6H,1-3H3,(H,12,13,14). The lowest BCUT2D eigenvalue weighted by Crippen LogP contribution is -2.11. The van der Waals surface area contributed by atoms with Crippen molar-refractivity contribution in [3.8, 4) is 0 Å². The number of nitrogens with zero attached hydrogens (tertiary/aromatic N) is 4. The molecule has 8 heteroatoms. The van der Waals surface area contributed by atoms with Crippen LogP contribution in [0.3, 0.4) is 0 Å². The molecule has 0 aliphatic heterocycles. The maximum atomic E-state index is 10.5. The lowest BCUT2D eigenvalue weighted by Gasteiger charge is -2.12. The van der Waals surface area contributed by atoms with E-state index < -0.39 is 4.92 Å². The lowest BCUT2D eigenvalue weighted by atomic mass is 10.1. The van der Waals surface area contributed by atoms with E-state index in [2.05, 4.69) is 20.4 Å². The van der Waals surface area contributed by atoms with E-state index in [1.165, 1.54) is 0 Å². The van der Waals surface area contributed by atoms with Gasteiger partial charge in [-0.25, -0.2) is 9.97 Å². The van der Waals surface area contributed by atoms with Crippen molar-refractivity contribution in [3.05, 3.63) is 39.5 Å². The van der Waals surface area contributed by atoms with Crippen LogP contribution in [-0.2, 0) is 0 Å². The fraction of sp³-hybridized carbons (Fsp3) is 0.364. The fourth-order valence-corrected chi connectivity index (χ4v) is 1.86. The van der Waals surface area contributed by atoms with E-state index in [4.69, 9.17) is 4.52 Å². The molecule has 19 heavy (non-hydrogen) atoms. The molecule has 0 saturated heterocycles. The Hall–Kier alpha value is -2.51. The van der Waals surface area contributed by atoms with Gasteiger partial charge in [0.25, 0.3) is 0 Å². The molecule has 0 radical (unpaired) electrons. The summed E-state index contributed by atoms with van der Waals surface area (Å²) < 4.78 is 5.08. The van der Waals surface area contributed by atoms with Crippen LogP contribution < -0.4 is 5.32 Å². The summed E-state index contributed by atoms with van der Waals surface area (Å²) in [5.41, 5.74) is 1.58. The van der Waals surface area contributed by atoms with Crippen molar-refractivity contribution >= 4 is 11.6 Å². The van der Waals surface area contributed by atoms with Crippen molar-refractivity contribution in [2.75, 3.05) is 5.32 Å². The van der Waals surface area contributed by atoms with Gasteiger partial charge in [-0.1, -0.05) is 5.16 Å². The average molecular weight is 263 g/mol. The molecule has 2 aromatic heterocycles. The number of aryl methyl sites for hydroxylation is 2. The van der Waals surface area contributed by atoms with Crippen LogP contribution in [0.2, 0.25) is 0 Å². The highest BCUT2D eigenvalue weighted by atomic mass is 16.6. The Balaban J connectivity index is 2.15. The maximum Gasteiger partial charge on any atom is 0.305 e. The summed E-state index contributed by atoms with van der Waals surface area (Å²) in [6, 6.07) is -0.104. The maximum absolute atomic E-state index is 10.5. The average Bonchev–Trinajstić information content (AvgIpc) is 2.69. The van der Waals surface area contributed by atoms with Crippen molar-refractivity contribution in [1.29, 1.82) is 0 Å². The van der Waals surface area contributed by atoms with Gasteiger partial charge in [-0.05, 0) is 20.8 Å². The minimum atomic E-state index is -0.540. The van der Waals surface area contributed by atoms with Gasteiger partial charge in [0.15, 0.2) is 0 Å². The Morgan fingerprint density at radius 2 is 2.00 bits per heavy atom. The van der Waals surface area contributed by atoms with Gasteiger partial charge in [0.1, 0.15) is 18.2 Å². The number of hydrogen-bond acceptors (Lipinski definition) is 7. The van der Waals surface area contributed by atoms with E-state index in [9.17, 15) is 10.1 Å². The third-order valence-corrected chi connectivity index (χ3v) is 2.72. The Bertz CT molecular complexity index is 573. The quantitative estimate of drug-likeness (QED) is 0.665. The van der Waals surface area contributed by atoms with E-state index in [0.29, 0.717) is 5.95 Å².